The number of alkyl halides is 6. The lowest BCUT2D eigenvalue weighted by Crippen LogP contribution is -2.25. The average molecular weight is 637 g/mol. The van der Waals surface area contributed by atoms with E-state index in [0.29, 0.717) is 22.9 Å². The van der Waals surface area contributed by atoms with E-state index in [-0.39, 0.29) is 29.5 Å². The number of anilines is 3. The number of fused-ring (bicyclic) bond motifs is 1. The molecule has 45 heavy (non-hydrogen) atoms. The van der Waals surface area contributed by atoms with Gasteiger partial charge in [0, 0.05) is 23.5 Å². The Bertz CT molecular complexity index is 1630. The molecule has 0 saturated heterocycles. The van der Waals surface area contributed by atoms with Gasteiger partial charge < -0.3 is 29.4 Å². The van der Waals surface area contributed by atoms with Crippen LogP contribution in [0.15, 0.2) is 66.7 Å². The summed E-state index contributed by atoms with van der Waals surface area (Å²) in [7, 11) is 0. The minimum absolute atomic E-state index is 0.107. The van der Waals surface area contributed by atoms with Gasteiger partial charge in [0.1, 0.15) is 17.2 Å². The highest BCUT2D eigenvalue weighted by Crippen LogP contribution is 2.44. The van der Waals surface area contributed by atoms with Crippen LogP contribution in [0, 0.1) is 5.41 Å². The summed E-state index contributed by atoms with van der Waals surface area (Å²) in [5.41, 5.74) is 2.28. The zero-order chi connectivity index (χ0) is 32.4. The highest BCUT2D eigenvalue weighted by atomic mass is 19.4. The topological polar surface area (TPSA) is 86.6 Å². The first-order chi connectivity index (χ1) is 21.1. The van der Waals surface area contributed by atoms with Crippen molar-refractivity contribution in [2.45, 2.75) is 58.3 Å². The molecule has 1 fully saturated rings. The summed E-state index contributed by atoms with van der Waals surface area (Å²) in [4.78, 5) is 17.2. The number of amides is 1. The SMILES string of the molecule is CC1(C)CCC[C@H](n2c(Nc3ccc(OC(F)(F)F)cc3)nc3cc(OCC(=O)Nc4ccc(OC(F)(F)F)cc4)ccc32)C1. The second-order valence-corrected chi connectivity index (χ2v) is 11.5. The number of hydrogen-bond acceptors (Lipinski definition) is 6. The van der Waals surface area contributed by atoms with E-state index in [1.165, 1.54) is 36.4 Å². The molecule has 1 aliphatic carbocycles. The predicted octanol–water partition coefficient (Wildman–Crippen LogP) is 8.74. The Hall–Kier alpha value is -4.62. The fraction of sp³-hybridized carbons (Fsp3) is 0.355. The van der Waals surface area contributed by atoms with Gasteiger partial charge in [0.15, 0.2) is 6.61 Å². The van der Waals surface area contributed by atoms with E-state index in [9.17, 15) is 31.1 Å². The van der Waals surface area contributed by atoms with Crippen LogP contribution in [0.1, 0.15) is 45.6 Å². The van der Waals surface area contributed by atoms with Gasteiger partial charge in [-0.3, -0.25) is 4.79 Å². The maximum absolute atomic E-state index is 12.6. The van der Waals surface area contributed by atoms with Gasteiger partial charge in [0.25, 0.3) is 5.91 Å². The third-order valence-corrected chi connectivity index (χ3v) is 7.29. The van der Waals surface area contributed by atoms with Gasteiger partial charge in [-0.25, -0.2) is 4.98 Å². The van der Waals surface area contributed by atoms with Crippen molar-refractivity contribution in [1.29, 1.82) is 0 Å². The van der Waals surface area contributed by atoms with Crippen molar-refractivity contribution in [3.05, 3.63) is 66.7 Å². The molecule has 5 rings (SSSR count). The minimum Gasteiger partial charge on any atom is -0.484 e. The van der Waals surface area contributed by atoms with E-state index in [1.807, 2.05) is 6.07 Å². The molecule has 1 amide bonds. The normalized spacial score (nSPS) is 16.7. The fourth-order valence-electron chi connectivity index (χ4n) is 5.46. The van der Waals surface area contributed by atoms with Gasteiger partial charge in [-0.15, -0.1) is 26.3 Å². The van der Waals surface area contributed by atoms with Crippen molar-refractivity contribution in [3.63, 3.8) is 0 Å². The molecule has 240 valence electrons. The summed E-state index contributed by atoms with van der Waals surface area (Å²) < 4.78 is 90.4. The number of imidazole rings is 1. The molecular formula is C31H30F6N4O4. The average Bonchev–Trinajstić information content (AvgIpc) is 3.29. The molecule has 0 bridgehead atoms. The number of nitrogens with one attached hydrogen (secondary N) is 2. The van der Waals surface area contributed by atoms with Gasteiger partial charge in [-0.05, 0) is 85.3 Å². The molecule has 1 aromatic heterocycles. The number of carbonyl (C=O) groups is 1. The van der Waals surface area contributed by atoms with Crippen LogP contribution in [-0.4, -0.2) is 34.8 Å². The van der Waals surface area contributed by atoms with Crippen molar-refractivity contribution < 1.29 is 45.3 Å². The number of carbonyl (C=O) groups excluding carboxylic acids is 1. The van der Waals surface area contributed by atoms with Crippen molar-refractivity contribution in [3.8, 4) is 17.2 Å². The first-order valence-corrected chi connectivity index (χ1v) is 14.1. The van der Waals surface area contributed by atoms with Crippen LogP contribution in [0.5, 0.6) is 17.2 Å². The summed E-state index contributed by atoms with van der Waals surface area (Å²) in [5, 5.41) is 5.77. The molecule has 1 heterocycles. The van der Waals surface area contributed by atoms with E-state index in [0.717, 1.165) is 43.3 Å². The molecule has 0 spiro atoms. The fourth-order valence-corrected chi connectivity index (χ4v) is 5.46. The van der Waals surface area contributed by atoms with E-state index >= 15 is 0 Å². The van der Waals surface area contributed by atoms with Crippen molar-refractivity contribution >= 4 is 34.3 Å². The number of hydrogen-bond donors (Lipinski definition) is 2. The predicted molar refractivity (Wildman–Crippen MR) is 155 cm³/mol. The lowest BCUT2D eigenvalue weighted by molar-refractivity contribution is -0.275. The molecule has 2 N–H and O–H groups in total. The van der Waals surface area contributed by atoms with E-state index < -0.39 is 24.4 Å². The Morgan fingerprint density at radius 2 is 1.47 bits per heavy atom. The van der Waals surface area contributed by atoms with E-state index in [1.54, 1.807) is 12.1 Å². The number of aromatic nitrogens is 2. The molecule has 1 aliphatic rings. The second-order valence-electron chi connectivity index (χ2n) is 11.5. The highest BCUT2D eigenvalue weighted by molar-refractivity contribution is 5.92. The quantitative estimate of drug-likeness (QED) is 0.179. The van der Waals surface area contributed by atoms with Crippen LogP contribution in [0.2, 0.25) is 0 Å². The third-order valence-electron chi connectivity index (χ3n) is 7.29. The standard InChI is InChI=1S/C31H30F6N4O4/c1-29(2)15-3-4-21(17-29)41-26-14-13-24(43-18-27(42)38-19-5-9-22(10-6-19)44-30(32,33)34)16-25(26)40-28(41)39-20-7-11-23(12-8-20)45-31(35,36)37/h5-14,16,21H,3-4,15,17-18H2,1-2H3,(H,38,42)(H,39,40)/t21-/m0/s1. The van der Waals surface area contributed by atoms with Gasteiger partial charge >= 0.3 is 12.7 Å². The van der Waals surface area contributed by atoms with Crippen molar-refractivity contribution in [1.82, 2.24) is 9.55 Å². The summed E-state index contributed by atoms with van der Waals surface area (Å²) in [5.74, 6) is -0.420. The maximum atomic E-state index is 12.6. The molecule has 4 aromatic rings. The van der Waals surface area contributed by atoms with Crippen LogP contribution >= 0.6 is 0 Å². The zero-order valence-corrected chi connectivity index (χ0v) is 24.3. The molecule has 0 aliphatic heterocycles. The smallest absolute Gasteiger partial charge is 0.484 e. The number of nitrogens with zero attached hydrogens (tertiary/aromatic N) is 2. The van der Waals surface area contributed by atoms with Gasteiger partial charge in [0.2, 0.25) is 5.95 Å². The Labute approximate surface area is 254 Å². The van der Waals surface area contributed by atoms with Crippen molar-refractivity contribution in [2.24, 2.45) is 5.41 Å². The molecule has 0 radical (unpaired) electrons. The van der Waals surface area contributed by atoms with Crippen LogP contribution in [0.4, 0.5) is 43.7 Å². The molecular weight excluding hydrogens is 606 g/mol. The Kier molecular flexibility index (Phi) is 8.77. The second kappa shape index (κ2) is 12.4. The molecule has 1 saturated carbocycles. The lowest BCUT2D eigenvalue weighted by Gasteiger charge is -2.36. The Morgan fingerprint density at radius 1 is 0.889 bits per heavy atom. The van der Waals surface area contributed by atoms with Gasteiger partial charge in [-0.2, -0.15) is 0 Å². The van der Waals surface area contributed by atoms with E-state index in [4.69, 9.17) is 9.72 Å². The summed E-state index contributed by atoms with van der Waals surface area (Å²) >= 11 is 0. The number of ether oxygens (including phenoxy) is 3. The first-order valence-electron chi connectivity index (χ1n) is 14.1. The maximum Gasteiger partial charge on any atom is 0.573 e. The minimum atomic E-state index is -4.82. The third kappa shape index (κ3) is 8.73. The van der Waals surface area contributed by atoms with Crippen molar-refractivity contribution in [2.75, 3.05) is 17.2 Å². The summed E-state index contributed by atoms with van der Waals surface area (Å²) in [6, 6.07) is 15.4. The molecule has 3 aromatic carbocycles. The lowest BCUT2D eigenvalue weighted by atomic mass is 9.75. The Morgan fingerprint density at radius 3 is 2.04 bits per heavy atom. The van der Waals surface area contributed by atoms with Gasteiger partial charge in [0.05, 0.1) is 11.0 Å². The van der Waals surface area contributed by atoms with Crippen LogP contribution < -0.4 is 24.8 Å². The summed E-state index contributed by atoms with van der Waals surface area (Å²) in [6.45, 7) is 4.06. The molecule has 0 unspecified atom stereocenters. The van der Waals surface area contributed by atoms with E-state index in [2.05, 4.69) is 38.5 Å². The molecule has 8 nitrogen and oxygen atoms in total. The highest BCUT2D eigenvalue weighted by Gasteiger charge is 2.33. The number of halogens is 6. The summed E-state index contributed by atoms with van der Waals surface area (Å²) in [6.07, 6.45) is -5.69. The number of rotatable bonds is 9. The van der Waals surface area contributed by atoms with Crippen LogP contribution in [0.3, 0.4) is 0 Å². The van der Waals surface area contributed by atoms with Gasteiger partial charge in [-0.1, -0.05) is 20.3 Å². The number of benzene rings is 3. The van der Waals surface area contributed by atoms with Crippen LogP contribution in [0.25, 0.3) is 11.0 Å². The zero-order valence-electron chi connectivity index (χ0n) is 24.3. The first kappa shape index (κ1) is 31.8. The monoisotopic (exact) mass is 636 g/mol. The molecule has 14 heteroatoms. The van der Waals surface area contributed by atoms with Crippen LogP contribution in [-0.2, 0) is 4.79 Å². The Balaban J connectivity index is 1.32. The molecule has 1 atom stereocenters. The largest absolute Gasteiger partial charge is 0.573 e.